The number of ether oxygens (including phenoxy) is 2. The lowest BCUT2D eigenvalue weighted by molar-refractivity contribution is 0.0596. The average molecular weight is 343 g/mol. The number of hydrogen-bond donors (Lipinski definition) is 1. The molecule has 0 spiro atoms. The number of aromatic nitrogens is 1. The van der Waals surface area contributed by atoms with E-state index in [-0.39, 0.29) is 5.69 Å². The SMILES string of the molecule is COC(=O)c1nc(N)sc1-c1cc(Br)ccc1OC. The van der Waals surface area contributed by atoms with Crippen molar-refractivity contribution in [2.24, 2.45) is 0 Å². The third kappa shape index (κ3) is 2.71. The van der Waals surface area contributed by atoms with Crippen LogP contribution >= 0.6 is 27.3 Å². The van der Waals surface area contributed by atoms with Gasteiger partial charge in [-0.2, -0.15) is 0 Å². The molecular formula is C12H11BrN2O3S. The predicted molar refractivity (Wildman–Crippen MR) is 77.6 cm³/mol. The Hall–Kier alpha value is -1.60. The van der Waals surface area contributed by atoms with Gasteiger partial charge in [0.2, 0.25) is 0 Å². The van der Waals surface area contributed by atoms with Gasteiger partial charge in [-0.15, -0.1) is 0 Å². The Balaban J connectivity index is 2.64. The lowest BCUT2D eigenvalue weighted by Gasteiger charge is -2.08. The molecule has 0 saturated carbocycles. The summed E-state index contributed by atoms with van der Waals surface area (Å²) < 4.78 is 10.9. The van der Waals surface area contributed by atoms with E-state index < -0.39 is 5.97 Å². The molecule has 0 unspecified atom stereocenters. The molecule has 1 aromatic carbocycles. The molecule has 0 atom stereocenters. The number of thiazole rings is 1. The van der Waals surface area contributed by atoms with E-state index in [4.69, 9.17) is 15.2 Å². The third-order valence-electron chi connectivity index (χ3n) is 2.43. The Kier molecular flexibility index (Phi) is 4.06. The zero-order chi connectivity index (χ0) is 14.0. The molecule has 0 saturated heterocycles. The van der Waals surface area contributed by atoms with Crippen LogP contribution < -0.4 is 10.5 Å². The smallest absolute Gasteiger partial charge is 0.358 e. The molecule has 1 aromatic heterocycles. The Bertz CT molecular complexity index is 627. The number of halogens is 1. The van der Waals surface area contributed by atoms with Gasteiger partial charge in [0.25, 0.3) is 0 Å². The van der Waals surface area contributed by atoms with Gasteiger partial charge in [0.1, 0.15) is 5.75 Å². The molecule has 1 heterocycles. The standard InChI is InChI=1S/C12H11BrN2O3S/c1-17-8-4-3-6(13)5-7(8)10-9(11(16)18-2)15-12(14)19-10/h3-5H,1-2H3,(H2,14,15). The van der Waals surface area contributed by atoms with Gasteiger partial charge in [-0.3, -0.25) is 0 Å². The van der Waals surface area contributed by atoms with Crippen LogP contribution in [-0.2, 0) is 4.74 Å². The molecule has 0 aliphatic heterocycles. The fourth-order valence-electron chi connectivity index (χ4n) is 1.61. The summed E-state index contributed by atoms with van der Waals surface area (Å²) in [5, 5.41) is 0.303. The Morgan fingerprint density at radius 2 is 2.16 bits per heavy atom. The topological polar surface area (TPSA) is 74.4 Å². The minimum Gasteiger partial charge on any atom is -0.496 e. The van der Waals surface area contributed by atoms with Gasteiger partial charge < -0.3 is 15.2 Å². The quantitative estimate of drug-likeness (QED) is 0.868. The van der Waals surface area contributed by atoms with Gasteiger partial charge in [-0.25, -0.2) is 9.78 Å². The van der Waals surface area contributed by atoms with Gasteiger partial charge in [0, 0.05) is 10.0 Å². The normalized spacial score (nSPS) is 10.3. The third-order valence-corrected chi connectivity index (χ3v) is 3.84. The molecule has 2 N–H and O–H groups in total. The molecule has 2 aromatic rings. The molecule has 0 bridgehead atoms. The van der Waals surface area contributed by atoms with E-state index in [2.05, 4.69) is 20.9 Å². The maximum absolute atomic E-state index is 11.7. The number of methoxy groups -OCH3 is 2. The number of rotatable bonds is 3. The monoisotopic (exact) mass is 342 g/mol. The number of esters is 1. The van der Waals surface area contributed by atoms with Crippen molar-refractivity contribution in [2.75, 3.05) is 20.0 Å². The van der Waals surface area contributed by atoms with Crippen LogP contribution in [0.2, 0.25) is 0 Å². The summed E-state index contributed by atoms with van der Waals surface area (Å²) in [6.07, 6.45) is 0. The van der Waals surface area contributed by atoms with Crippen molar-refractivity contribution in [2.45, 2.75) is 0 Å². The highest BCUT2D eigenvalue weighted by atomic mass is 79.9. The van der Waals surface area contributed by atoms with E-state index in [1.165, 1.54) is 18.4 Å². The van der Waals surface area contributed by atoms with Crippen molar-refractivity contribution >= 4 is 38.4 Å². The van der Waals surface area contributed by atoms with Crippen LogP contribution in [0.15, 0.2) is 22.7 Å². The molecule has 0 amide bonds. The van der Waals surface area contributed by atoms with Crippen molar-refractivity contribution in [1.29, 1.82) is 0 Å². The van der Waals surface area contributed by atoms with Crippen LogP contribution in [0.4, 0.5) is 5.13 Å². The lowest BCUT2D eigenvalue weighted by Crippen LogP contribution is -2.04. The summed E-state index contributed by atoms with van der Waals surface area (Å²) in [7, 11) is 2.87. The number of hydrogen-bond acceptors (Lipinski definition) is 6. The molecule has 5 nitrogen and oxygen atoms in total. The zero-order valence-electron chi connectivity index (χ0n) is 10.3. The number of carbonyl (C=O) groups is 1. The second-order valence-electron chi connectivity index (χ2n) is 3.57. The van der Waals surface area contributed by atoms with E-state index in [1.54, 1.807) is 13.2 Å². The first kappa shape index (κ1) is 13.8. The lowest BCUT2D eigenvalue weighted by atomic mass is 10.1. The highest BCUT2D eigenvalue weighted by Gasteiger charge is 2.21. The van der Waals surface area contributed by atoms with E-state index >= 15 is 0 Å². The molecule has 7 heteroatoms. The summed E-state index contributed by atoms with van der Waals surface area (Å²) in [5.74, 6) is 0.113. The minimum atomic E-state index is -0.523. The minimum absolute atomic E-state index is 0.196. The maximum atomic E-state index is 11.7. The summed E-state index contributed by atoms with van der Waals surface area (Å²) in [6, 6.07) is 5.50. The summed E-state index contributed by atoms with van der Waals surface area (Å²) in [5.41, 5.74) is 6.62. The van der Waals surface area contributed by atoms with Crippen LogP contribution in [-0.4, -0.2) is 25.2 Å². The number of carbonyl (C=O) groups excluding carboxylic acids is 1. The molecule has 19 heavy (non-hydrogen) atoms. The van der Waals surface area contributed by atoms with Crippen molar-refractivity contribution in [1.82, 2.24) is 4.98 Å². The average Bonchev–Trinajstić information content (AvgIpc) is 2.79. The first-order valence-corrected chi connectivity index (χ1v) is 6.86. The molecule has 0 fully saturated rings. The second-order valence-corrected chi connectivity index (χ2v) is 5.51. The molecule has 0 radical (unpaired) electrons. The fourth-order valence-corrected chi connectivity index (χ4v) is 2.81. The summed E-state index contributed by atoms with van der Waals surface area (Å²) >= 11 is 4.60. The van der Waals surface area contributed by atoms with Crippen molar-refractivity contribution in [3.05, 3.63) is 28.4 Å². The summed E-state index contributed by atoms with van der Waals surface area (Å²) in [4.78, 5) is 16.4. The van der Waals surface area contributed by atoms with Crippen molar-refractivity contribution in [3.63, 3.8) is 0 Å². The molecule has 0 aliphatic carbocycles. The number of benzene rings is 1. The maximum Gasteiger partial charge on any atom is 0.358 e. The predicted octanol–water partition coefficient (Wildman–Crippen LogP) is 2.95. The molecule has 2 rings (SSSR count). The van der Waals surface area contributed by atoms with E-state index in [9.17, 15) is 4.79 Å². The van der Waals surface area contributed by atoms with Gasteiger partial charge in [0.05, 0.1) is 19.1 Å². The van der Waals surface area contributed by atoms with E-state index in [1.807, 2.05) is 12.1 Å². The van der Waals surface area contributed by atoms with E-state index in [0.29, 0.717) is 15.8 Å². The largest absolute Gasteiger partial charge is 0.496 e. The number of nitrogens with zero attached hydrogens (tertiary/aromatic N) is 1. The highest BCUT2D eigenvalue weighted by Crippen LogP contribution is 2.39. The van der Waals surface area contributed by atoms with Crippen molar-refractivity contribution < 1.29 is 14.3 Å². The first-order valence-electron chi connectivity index (χ1n) is 5.25. The van der Waals surface area contributed by atoms with Crippen LogP contribution in [0.3, 0.4) is 0 Å². The van der Waals surface area contributed by atoms with E-state index in [0.717, 1.165) is 10.0 Å². The number of anilines is 1. The first-order chi connectivity index (χ1) is 9.06. The zero-order valence-corrected chi connectivity index (χ0v) is 12.7. The van der Waals surface area contributed by atoms with Gasteiger partial charge in [-0.1, -0.05) is 27.3 Å². The summed E-state index contributed by atoms with van der Waals surface area (Å²) in [6.45, 7) is 0. The van der Waals surface area contributed by atoms with Gasteiger partial charge in [0.15, 0.2) is 10.8 Å². The van der Waals surface area contributed by atoms with Gasteiger partial charge >= 0.3 is 5.97 Å². The van der Waals surface area contributed by atoms with Crippen LogP contribution in [0, 0.1) is 0 Å². The Morgan fingerprint density at radius 1 is 1.42 bits per heavy atom. The fraction of sp³-hybridized carbons (Fsp3) is 0.167. The van der Waals surface area contributed by atoms with Crippen LogP contribution in [0.25, 0.3) is 10.4 Å². The van der Waals surface area contributed by atoms with Crippen LogP contribution in [0.5, 0.6) is 5.75 Å². The number of nitrogen functional groups attached to an aromatic ring is 1. The Morgan fingerprint density at radius 3 is 2.79 bits per heavy atom. The van der Waals surface area contributed by atoms with Crippen LogP contribution in [0.1, 0.15) is 10.5 Å². The molecule has 100 valence electrons. The Labute approximate surface area is 122 Å². The second kappa shape index (κ2) is 5.58. The molecule has 0 aliphatic rings. The number of nitrogens with two attached hydrogens (primary N) is 1. The molecular weight excluding hydrogens is 332 g/mol. The van der Waals surface area contributed by atoms with Gasteiger partial charge in [-0.05, 0) is 18.2 Å². The van der Waals surface area contributed by atoms with Crippen molar-refractivity contribution in [3.8, 4) is 16.2 Å². The highest BCUT2D eigenvalue weighted by molar-refractivity contribution is 9.10.